The summed E-state index contributed by atoms with van der Waals surface area (Å²) in [5.41, 5.74) is 6.00. The highest BCUT2D eigenvalue weighted by atomic mass is 32.2. The summed E-state index contributed by atoms with van der Waals surface area (Å²) in [5.74, 6) is -0.326. The summed E-state index contributed by atoms with van der Waals surface area (Å²) < 4.78 is 25.1. The number of nitrogens with two attached hydrogens (primary N) is 1. The lowest BCUT2D eigenvalue weighted by Gasteiger charge is -2.09. The molecular formula is C14H21FN2O2S. The first-order valence-electron chi connectivity index (χ1n) is 6.66. The zero-order chi connectivity index (χ0) is 15.1. The van der Waals surface area contributed by atoms with Gasteiger partial charge in [0, 0.05) is 33.9 Å². The van der Waals surface area contributed by atoms with Crippen molar-refractivity contribution in [2.24, 2.45) is 0 Å². The van der Waals surface area contributed by atoms with E-state index in [1.54, 1.807) is 0 Å². The second-order valence-corrected chi connectivity index (χ2v) is 6.67. The smallest absolute Gasteiger partial charge is 0.224 e. The van der Waals surface area contributed by atoms with E-state index < -0.39 is 16.6 Å². The third kappa shape index (κ3) is 5.28. The molecule has 2 atom stereocenters. The van der Waals surface area contributed by atoms with E-state index in [2.05, 4.69) is 5.32 Å². The monoisotopic (exact) mass is 300 g/mol. The van der Waals surface area contributed by atoms with Crippen molar-refractivity contribution in [1.29, 1.82) is 0 Å². The molecule has 112 valence electrons. The van der Waals surface area contributed by atoms with E-state index in [0.29, 0.717) is 17.9 Å². The summed E-state index contributed by atoms with van der Waals surface area (Å²) in [6.45, 7) is 3.91. The largest absolute Gasteiger partial charge is 0.399 e. The maximum atomic E-state index is 13.4. The Bertz CT molecular complexity index is 494. The van der Waals surface area contributed by atoms with Gasteiger partial charge >= 0.3 is 0 Å². The number of carbonyl (C=O) groups is 1. The van der Waals surface area contributed by atoms with E-state index in [1.165, 1.54) is 18.2 Å². The number of hydrogen-bond donors (Lipinski definition) is 2. The molecule has 0 aliphatic rings. The summed E-state index contributed by atoms with van der Waals surface area (Å²) in [6.07, 6.45) is 1.59. The van der Waals surface area contributed by atoms with E-state index in [-0.39, 0.29) is 23.3 Å². The third-order valence-electron chi connectivity index (χ3n) is 3.04. The summed E-state index contributed by atoms with van der Waals surface area (Å²) in [5, 5.41) is 2.62. The summed E-state index contributed by atoms with van der Waals surface area (Å²) in [4.78, 5) is 11.7. The minimum Gasteiger partial charge on any atom is -0.399 e. The molecule has 0 aliphatic carbocycles. The number of amides is 1. The van der Waals surface area contributed by atoms with Crippen molar-refractivity contribution < 1.29 is 13.4 Å². The van der Waals surface area contributed by atoms with Crippen LogP contribution < -0.4 is 11.1 Å². The Labute approximate surface area is 121 Å². The van der Waals surface area contributed by atoms with Crippen molar-refractivity contribution in [3.8, 4) is 0 Å². The van der Waals surface area contributed by atoms with E-state index in [9.17, 15) is 13.4 Å². The fraction of sp³-hybridized carbons (Fsp3) is 0.500. The minimum absolute atomic E-state index is 0.0815. The molecule has 0 spiro atoms. The van der Waals surface area contributed by atoms with Crippen LogP contribution in [0.25, 0.3) is 0 Å². The first-order valence-corrected chi connectivity index (χ1v) is 8.04. The molecule has 1 aromatic carbocycles. The Morgan fingerprint density at radius 3 is 2.85 bits per heavy atom. The number of anilines is 2. The number of nitrogen functional groups attached to an aromatic ring is 1. The van der Waals surface area contributed by atoms with Crippen LogP contribution in [0.4, 0.5) is 15.8 Å². The van der Waals surface area contributed by atoms with Gasteiger partial charge in [0.05, 0.1) is 5.69 Å². The van der Waals surface area contributed by atoms with Crippen molar-refractivity contribution in [3.63, 3.8) is 0 Å². The number of hydrogen-bond acceptors (Lipinski definition) is 3. The summed E-state index contributed by atoms with van der Waals surface area (Å²) in [6, 6.07) is 4.02. The fourth-order valence-electron chi connectivity index (χ4n) is 1.61. The number of carbonyl (C=O) groups excluding carboxylic acids is 1. The number of nitrogens with one attached hydrogen (secondary N) is 1. The molecule has 0 aromatic heterocycles. The first kappa shape index (κ1) is 16.6. The zero-order valence-electron chi connectivity index (χ0n) is 11.8. The average Bonchev–Trinajstić information content (AvgIpc) is 2.41. The lowest BCUT2D eigenvalue weighted by Crippen LogP contribution is -2.16. The van der Waals surface area contributed by atoms with Crippen LogP contribution >= 0.6 is 0 Å². The molecule has 0 saturated carbocycles. The standard InChI is InChI=1S/C14H21FN2O2S/c1-3-10(2)20(19)8-4-5-14(18)17-13-9-11(16)6-7-12(13)15/h6-7,9-10H,3-5,8,16H2,1-2H3,(H,17,18). The summed E-state index contributed by atoms with van der Waals surface area (Å²) >= 11 is 0. The molecule has 2 unspecified atom stereocenters. The van der Waals surface area contributed by atoms with E-state index in [1.807, 2.05) is 13.8 Å². The number of rotatable bonds is 7. The van der Waals surface area contributed by atoms with Gasteiger partial charge in [0.2, 0.25) is 5.91 Å². The molecule has 0 saturated heterocycles. The molecule has 4 nitrogen and oxygen atoms in total. The average molecular weight is 300 g/mol. The third-order valence-corrected chi connectivity index (χ3v) is 4.96. The topological polar surface area (TPSA) is 72.2 Å². The van der Waals surface area contributed by atoms with Crippen LogP contribution in [-0.2, 0) is 15.6 Å². The van der Waals surface area contributed by atoms with Crippen LogP contribution in [0, 0.1) is 5.82 Å². The van der Waals surface area contributed by atoms with Gasteiger partial charge in [-0.25, -0.2) is 4.39 Å². The Morgan fingerprint density at radius 1 is 1.50 bits per heavy atom. The van der Waals surface area contributed by atoms with E-state index in [0.717, 1.165) is 6.42 Å². The molecule has 0 fully saturated rings. The minimum atomic E-state index is -0.910. The van der Waals surface area contributed by atoms with Crippen LogP contribution in [0.1, 0.15) is 33.1 Å². The molecule has 1 amide bonds. The van der Waals surface area contributed by atoms with Gasteiger partial charge in [0.15, 0.2) is 0 Å². The Morgan fingerprint density at radius 2 is 2.20 bits per heavy atom. The first-order chi connectivity index (χ1) is 9.43. The van der Waals surface area contributed by atoms with Gasteiger partial charge in [0.1, 0.15) is 5.82 Å². The second-order valence-electron chi connectivity index (χ2n) is 4.69. The van der Waals surface area contributed by atoms with Crippen LogP contribution in [0.15, 0.2) is 18.2 Å². The number of benzene rings is 1. The maximum Gasteiger partial charge on any atom is 0.224 e. The Balaban J connectivity index is 2.41. The molecule has 3 N–H and O–H groups in total. The molecule has 0 bridgehead atoms. The quantitative estimate of drug-likeness (QED) is 0.760. The molecule has 20 heavy (non-hydrogen) atoms. The predicted molar refractivity (Wildman–Crippen MR) is 81.4 cm³/mol. The molecule has 1 rings (SSSR count). The van der Waals surface area contributed by atoms with Crippen molar-refractivity contribution in [1.82, 2.24) is 0 Å². The van der Waals surface area contributed by atoms with E-state index in [4.69, 9.17) is 5.73 Å². The van der Waals surface area contributed by atoms with Crippen molar-refractivity contribution in [3.05, 3.63) is 24.0 Å². The van der Waals surface area contributed by atoms with Gasteiger partial charge in [-0.2, -0.15) is 0 Å². The van der Waals surface area contributed by atoms with E-state index >= 15 is 0 Å². The molecule has 0 aliphatic heterocycles. The van der Waals surface area contributed by atoms with Crippen molar-refractivity contribution in [2.75, 3.05) is 16.8 Å². The van der Waals surface area contributed by atoms with Gasteiger partial charge in [0.25, 0.3) is 0 Å². The predicted octanol–water partition coefficient (Wildman–Crippen LogP) is 2.67. The second kappa shape index (κ2) is 7.99. The van der Waals surface area contributed by atoms with Gasteiger partial charge in [-0.05, 0) is 31.0 Å². The molecule has 0 radical (unpaired) electrons. The van der Waals surface area contributed by atoms with Crippen LogP contribution in [-0.4, -0.2) is 21.1 Å². The van der Waals surface area contributed by atoms with Crippen LogP contribution in [0.5, 0.6) is 0 Å². The molecule has 1 aromatic rings. The van der Waals surface area contributed by atoms with Crippen molar-refractivity contribution in [2.45, 2.75) is 38.4 Å². The van der Waals surface area contributed by atoms with Crippen LogP contribution in [0.3, 0.4) is 0 Å². The summed E-state index contributed by atoms with van der Waals surface area (Å²) in [7, 11) is -0.910. The molecule has 0 heterocycles. The SMILES string of the molecule is CCC(C)S(=O)CCCC(=O)Nc1cc(N)ccc1F. The lowest BCUT2D eigenvalue weighted by atomic mass is 10.2. The van der Waals surface area contributed by atoms with Crippen LogP contribution in [0.2, 0.25) is 0 Å². The highest BCUT2D eigenvalue weighted by Crippen LogP contribution is 2.17. The maximum absolute atomic E-state index is 13.4. The highest BCUT2D eigenvalue weighted by molar-refractivity contribution is 7.85. The normalized spacial score (nSPS) is 13.8. The molecule has 6 heteroatoms. The van der Waals surface area contributed by atoms with Gasteiger partial charge in [-0.3, -0.25) is 9.00 Å². The highest BCUT2D eigenvalue weighted by Gasteiger charge is 2.11. The fourth-order valence-corrected chi connectivity index (χ4v) is 2.82. The Hall–Kier alpha value is -1.43. The lowest BCUT2D eigenvalue weighted by molar-refractivity contribution is -0.116. The van der Waals surface area contributed by atoms with Gasteiger partial charge < -0.3 is 11.1 Å². The van der Waals surface area contributed by atoms with Crippen molar-refractivity contribution >= 4 is 28.1 Å². The Kier molecular flexibility index (Phi) is 6.64. The van der Waals surface area contributed by atoms with Gasteiger partial charge in [-0.15, -0.1) is 0 Å². The molecular weight excluding hydrogens is 279 g/mol. The zero-order valence-corrected chi connectivity index (χ0v) is 12.6. The number of halogens is 1. The van der Waals surface area contributed by atoms with Gasteiger partial charge in [-0.1, -0.05) is 13.8 Å².